The van der Waals surface area contributed by atoms with Crippen molar-refractivity contribution in [3.8, 4) is 5.75 Å². The molecule has 10 nitrogen and oxygen atoms in total. The number of hydrogen-bond donors (Lipinski definition) is 3. The number of carboxylic acid groups (broad SMARTS) is 1. The fraction of sp³-hybridized carbons (Fsp3) is 0.214. The fourth-order valence-corrected chi connectivity index (χ4v) is 3.62. The van der Waals surface area contributed by atoms with Crippen molar-refractivity contribution in [2.45, 2.75) is 9.79 Å². The highest BCUT2D eigenvalue weighted by Gasteiger charge is 2.21. The topological polar surface area (TPSA) is 164 Å². The third kappa shape index (κ3) is 4.89. The predicted octanol–water partition coefficient (Wildman–Crippen LogP) is 0.813. The lowest BCUT2D eigenvalue weighted by atomic mass is 10.1. The first kappa shape index (κ1) is 20.1. The molecule has 0 spiro atoms. The first-order chi connectivity index (χ1) is 12.0. The summed E-state index contributed by atoms with van der Waals surface area (Å²) in [6.45, 7) is -0.854. The van der Waals surface area contributed by atoms with Gasteiger partial charge in [-0.05, 0) is 12.1 Å². The zero-order chi connectivity index (χ0) is 19.5. The molecule has 0 aliphatic heterocycles. The van der Waals surface area contributed by atoms with Crippen molar-refractivity contribution in [3.63, 3.8) is 0 Å². The van der Waals surface area contributed by atoms with Gasteiger partial charge < -0.3 is 14.6 Å². The van der Waals surface area contributed by atoms with Gasteiger partial charge in [-0.2, -0.15) is 16.8 Å². The molecule has 0 aromatic heterocycles. The molecule has 0 heterocycles. The normalized spacial score (nSPS) is 12.2. The molecule has 26 heavy (non-hydrogen) atoms. The molecule has 3 N–H and O–H groups in total. The van der Waals surface area contributed by atoms with E-state index in [4.69, 9.17) is 14.6 Å². The van der Waals surface area contributed by atoms with Gasteiger partial charge in [-0.1, -0.05) is 12.1 Å². The van der Waals surface area contributed by atoms with Crippen LogP contribution in [-0.2, 0) is 29.8 Å². The van der Waals surface area contributed by atoms with Gasteiger partial charge in [0, 0.05) is 16.8 Å². The SMILES string of the molecule is O=C(O)COCCOc1cc(S(=O)(=O)O)c2cccc(S(=O)(=O)O)c2c1. The number of carbonyl (C=O) groups is 1. The van der Waals surface area contributed by atoms with Crippen LogP contribution >= 0.6 is 0 Å². The Bertz CT molecular complexity index is 1040. The minimum absolute atomic E-state index is 0.125. The maximum Gasteiger partial charge on any atom is 0.329 e. The first-order valence-electron chi connectivity index (χ1n) is 6.94. The lowest BCUT2D eigenvalue weighted by molar-refractivity contribution is -0.142. The molecule has 0 aliphatic rings. The Kier molecular flexibility index (Phi) is 5.83. The lowest BCUT2D eigenvalue weighted by Crippen LogP contribution is -2.13. The molecule has 0 amide bonds. The van der Waals surface area contributed by atoms with Gasteiger partial charge in [-0.15, -0.1) is 0 Å². The van der Waals surface area contributed by atoms with E-state index in [0.29, 0.717) is 0 Å². The Morgan fingerprint density at radius 1 is 0.923 bits per heavy atom. The minimum atomic E-state index is -4.73. The summed E-state index contributed by atoms with van der Waals surface area (Å²) >= 11 is 0. The van der Waals surface area contributed by atoms with Crippen LogP contribution in [0.2, 0.25) is 0 Å². The summed E-state index contributed by atoms with van der Waals surface area (Å²) in [5.74, 6) is -1.30. The van der Waals surface area contributed by atoms with Crippen molar-refractivity contribution < 1.29 is 45.3 Å². The second-order valence-electron chi connectivity index (χ2n) is 5.02. The first-order valence-corrected chi connectivity index (χ1v) is 9.82. The molecule has 0 aliphatic carbocycles. The van der Waals surface area contributed by atoms with Crippen LogP contribution in [0.5, 0.6) is 5.75 Å². The van der Waals surface area contributed by atoms with E-state index in [1.54, 1.807) is 0 Å². The molecule has 2 rings (SSSR count). The molecule has 142 valence electrons. The Balaban J connectivity index is 2.47. The fourth-order valence-electron chi connectivity index (χ4n) is 2.20. The van der Waals surface area contributed by atoms with E-state index in [1.165, 1.54) is 18.2 Å². The molecule has 0 atom stereocenters. The lowest BCUT2D eigenvalue weighted by Gasteiger charge is -2.12. The summed E-state index contributed by atoms with van der Waals surface area (Å²) in [5, 5.41) is 8.14. The molecule has 0 bridgehead atoms. The van der Waals surface area contributed by atoms with Crippen molar-refractivity contribution in [2.75, 3.05) is 19.8 Å². The summed E-state index contributed by atoms with van der Waals surface area (Å²) in [7, 11) is -9.40. The Morgan fingerprint density at radius 2 is 1.58 bits per heavy atom. The Hall–Kier alpha value is -2.25. The molecule has 0 radical (unpaired) electrons. The number of benzene rings is 2. The summed E-state index contributed by atoms with van der Waals surface area (Å²) in [5.41, 5.74) is 0. The molecule has 0 saturated heterocycles. The standard InChI is InChI=1S/C14H14O10S2/c15-14(16)8-23-4-5-24-9-6-11-10(13(7-9)26(20,21)22)2-1-3-12(11)25(17,18)19/h1-3,6-7H,4-5,8H2,(H,15,16)(H,17,18,19)(H,20,21,22). The maximum absolute atomic E-state index is 11.6. The molecule has 12 heteroatoms. The van der Waals surface area contributed by atoms with Crippen LogP contribution in [0, 0.1) is 0 Å². The quantitative estimate of drug-likeness (QED) is 0.422. The third-order valence-electron chi connectivity index (χ3n) is 3.17. The van der Waals surface area contributed by atoms with Gasteiger partial charge in [0.25, 0.3) is 20.2 Å². The van der Waals surface area contributed by atoms with E-state index in [0.717, 1.165) is 12.1 Å². The molecule has 0 saturated carbocycles. The highest BCUT2D eigenvalue weighted by molar-refractivity contribution is 7.86. The second-order valence-corrected chi connectivity index (χ2v) is 7.80. The van der Waals surface area contributed by atoms with Crippen molar-refractivity contribution in [1.82, 2.24) is 0 Å². The van der Waals surface area contributed by atoms with E-state index >= 15 is 0 Å². The van der Waals surface area contributed by atoms with E-state index in [-0.39, 0.29) is 29.7 Å². The summed E-state index contributed by atoms with van der Waals surface area (Å²) in [4.78, 5) is 9.15. The van der Waals surface area contributed by atoms with Gasteiger partial charge in [0.05, 0.1) is 6.61 Å². The van der Waals surface area contributed by atoms with Gasteiger partial charge in [-0.25, -0.2) is 4.79 Å². The summed E-state index contributed by atoms with van der Waals surface area (Å²) in [6, 6.07) is 5.67. The van der Waals surface area contributed by atoms with Crippen LogP contribution in [0.4, 0.5) is 0 Å². The van der Waals surface area contributed by atoms with Gasteiger partial charge in [0.1, 0.15) is 28.8 Å². The number of rotatable bonds is 8. The monoisotopic (exact) mass is 406 g/mol. The van der Waals surface area contributed by atoms with Crippen LogP contribution in [0.15, 0.2) is 40.1 Å². The van der Waals surface area contributed by atoms with Gasteiger partial charge in [-0.3, -0.25) is 9.11 Å². The van der Waals surface area contributed by atoms with Crippen LogP contribution in [0.3, 0.4) is 0 Å². The maximum atomic E-state index is 11.6. The molecule has 0 unspecified atom stereocenters. The van der Waals surface area contributed by atoms with Crippen LogP contribution in [-0.4, -0.2) is 56.8 Å². The van der Waals surface area contributed by atoms with Crippen molar-refractivity contribution in [1.29, 1.82) is 0 Å². The van der Waals surface area contributed by atoms with E-state index in [9.17, 15) is 30.7 Å². The molecular formula is C14H14O10S2. The summed E-state index contributed by atoms with van der Waals surface area (Å²) < 4.78 is 74.9. The van der Waals surface area contributed by atoms with Crippen molar-refractivity contribution in [3.05, 3.63) is 30.3 Å². The molecular weight excluding hydrogens is 392 g/mol. The zero-order valence-corrected chi connectivity index (χ0v) is 14.7. The van der Waals surface area contributed by atoms with Crippen LogP contribution in [0.25, 0.3) is 10.8 Å². The number of carboxylic acids is 1. The van der Waals surface area contributed by atoms with Crippen molar-refractivity contribution in [2.24, 2.45) is 0 Å². The van der Waals surface area contributed by atoms with Gasteiger partial charge in [0.15, 0.2) is 0 Å². The van der Waals surface area contributed by atoms with Gasteiger partial charge in [0.2, 0.25) is 0 Å². The zero-order valence-electron chi connectivity index (χ0n) is 13.0. The number of fused-ring (bicyclic) bond motifs is 1. The number of aliphatic carboxylic acids is 1. The second kappa shape index (κ2) is 7.55. The highest BCUT2D eigenvalue weighted by atomic mass is 32.2. The number of ether oxygens (including phenoxy) is 2. The van der Waals surface area contributed by atoms with E-state index < -0.39 is 42.6 Å². The minimum Gasteiger partial charge on any atom is -0.491 e. The van der Waals surface area contributed by atoms with Crippen molar-refractivity contribution >= 4 is 37.0 Å². The molecule has 2 aromatic rings. The third-order valence-corrected chi connectivity index (χ3v) is 4.97. The van der Waals surface area contributed by atoms with Crippen LogP contribution in [0.1, 0.15) is 0 Å². The number of hydrogen-bond acceptors (Lipinski definition) is 7. The average molecular weight is 406 g/mol. The van der Waals surface area contributed by atoms with E-state index in [1.807, 2.05) is 0 Å². The smallest absolute Gasteiger partial charge is 0.329 e. The largest absolute Gasteiger partial charge is 0.491 e. The Morgan fingerprint density at radius 3 is 2.15 bits per heavy atom. The highest BCUT2D eigenvalue weighted by Crippen LogP contribution is 2.32. The molecule has 2 aromatic carbocycles. The van der Waals surface area contributed by atoms with Crippen LogP contribution < -0.4 is 4.74 Å². The molecule has 0 fully saturated rings. The Labute approximate surface area is 148 Å². The predicted molar refractivity (Wildman–Crippen MR) is 87.5 cm³/mol. The average Bonchev–Trinajstić information content (AvgIpc) is 2.51. The van der Waals surface area contributed by atoms with Gasteiger partial charge >= 0.3 is 5.97 Å². The van der Waals surface area contributed by atoms with E-state index in [2.05, 4.69) is 0 Å². The summed E-state index contributed by atoms with van der Waals surface area (Å²) in [6.07, 6.45) is 0.